The zero-order valence-electron chi connectivity index (χ0n) is 19.8. The van der Waals surface area contributed by atoms with Crippen LogP contribution in [-0.4, -0.2) is 62.1 Å². The summed E-state index contributed by atoms with van der Waals surface area (Å²) in [6.07, 6.45) is 5.86. The van der Waals surface area contributed by atoms with Crippen molar-refractivity contribution in [3.8, 4) is 17.0 Å². The van der Waals surface area contributed by atoms with Crippen LogP contribution in [-0.2, 0) is 24.8 Å². The largest absolute Gasteiger partial charge is 0.485 e. The third kappa shape index (κ3) is 3.91. The highest BCUT2D eigenvalue weighted by Crippen LogP contribution is 2.32. The molecule has 6 rings (SSSR count). The molecule has 1 saturated heterocycles. The number of aryl methyl sites for hydroxylation is 2. The number of anilines is 2. The van der Waals surface area contributed by atoms with Crippen molar-refractivity contribution in [1.29, 1.82) is 0 Å². The Kier molecular flexibility index (Phi) is 5.23. The maximum atomic E-state index is 6.33. The number of rotatable bonds is 5. The Morgan fingerprint density at radius 2 is 2.09 bits per heavy atom. The second-order valence-electron chi connectivity index (χ2n) is 9.26. The smallest absolute Gasteiger partial charge is 0.165 e. The van der Waals surface area contributed by atoms with Gasteiger partial charge in [-0.2, -0.15) is 10.2 Å². The van der Waals surface area contributed by atoms with Crippen LogP contribution in [0.15, 0.2) is 36.7 Å². The van der Waals surface area contributed by atoms with Crippen LogP contribution in [0, 0.1) is 6.92 Å². The number of ether oxygens (including phenoxy) is 2. The summed E-state index contributed by atoms with van der Waals surface area (Å²) in [4.78, 5) is 7.10. The minimum absolute atomic E-state index is 0.196. The number of fused-ring (bicyclic) bond motifs is 2. The summed E-state index contributed by atoms with van der Waals surface area (Å²) in [5.74, 6) is 2.39. The Hall–Kier alpha value is -3.43. The molecule has 0 spiro atoms. The van der Waals surface area contributed by atoms with Gasteiger partial charge in [-0.15, -0.1) is 0 Å². The summed E-state index contributed by atoms with van der Waals surface area (Å²) in [6, 6.07) is 8.26. The third-order valence-corrected chi connectivity index (χ3v) is 6.70. The molecule has 0 bridgehead atoms. The van der Waals surface area contributed by atoms with Gasteiger partial charge in [0.25, 0.3) is 0 Å². The first-order valence-corrected chi connectivity index (χ1v) is 11.7. The maximum absolute atomic E-state index is 6.33. The van der Waals surface area contributed by atoms with Gasteiger partial charge < -0.3 is 19.7 Å². The molecule has 0 unspecified atom stereocenters. The molecule has 0 radical (unpaired) electrons. The van der Waals surface area contributed by atoms with Crippen LogP contribution in [0.25, 0.3) is 16.8 Å². The summed E-state index contributed by atoms with van der Waals surface area (Å²) in [7, 11) is 4.08. The standard InChI is InChI=1S/C25H29N7O2/c1-16-10-23(27-21-6-9-33-15-20(16)21)28-24-12-18-11-17(4-8-32(18)29-24)25-22(13-26-31(25)3)34-19-5-7-30(2)14-19/h4,8,10-13,19H,5-7,9,14-15H2,1-3H3,(H,27,28,29)/t19-/m0/s1. The summed E-state index contributed by atoms with van der Waals surface area (Å²) in [6.45, 7) is 5.46. The van der Waals surface area contributed by atoms with Crippen LogP contribution >= 0.6 is 0 Å². The lowest BCUT2D eigenvalue weighted by Crippen LogP contribution is -2.21. The predicted octanol–water partition coefficient (Wildman–Crippen LogP) is 3.34. The van der Waals surface area contributed by atoms with Crippen molar-refractivity contribution in [1.82, 2.24) is 29.3 Å². The number of aromatic nitrogens is 5. The van der Waals surface area contributed by atoms with Crippen molar-refractivity contribution in [2.24, 2.45) is 7.05 Å². The maximum Gasteiger partial charge on any atom is 0.165 e. The van der Waals surface area contributed by atoms with E-state index >= 15 is 0 Å². The average Bonchev–Trinajstić information content (AvgIpc) is 3.51. The Morgan fingerprint density at radius 1 is 1.18 bits per heavy atom. The van der Waals surface area contributed by atoms with E-state index < -0.39 is 0 Å². The Morgan fingerprint density at radius 3 is 2.94 bits per heavy atom. The molecule has 1 atom stereocenters. The fourth-order valence-electron chi connectivity index (χ4n) is 4.91. The first kappa shape index (κ1) is 21.1. The number of likely N-dealkylation sites (tertiary alicyclic amines) is 1. The van der Waals surface area contributed by atoms with E-state index in [0.29, 0.717) is 6.61 Å². The number of hydrogen-bond donors (Lipinski definition) is 1. The van der Waals surface area contributed by atoms with Gasteiger partial charge in [-0.05, 0) is 44.2 Å². The van der Waals surface area contributed by atoms with Gasteiger partial charge in [-0.1, -0.05) is 0 Å². The number of pyridine rings is 2. The number of hydrogen-bond acceptors (Lipinski definition) is 7. The molecule has 6 heterocycles. The minimum Gasteiger partial charge on any atom is -0.485 e. The monoisotopic (exact) mass is 459 g/mol. The SMILES string of the molecule is Cc1cc(Nc2cc3cc(-c4c(O[C@H]5CCN(C)C5)cnn4C)ccn3n2)nc2c1COCC2. The van der Waals surface area contributed by atoms with Crippen molar-refractivity contribution in [2.75, 3.05) is 32.1 Å². The Balaban J connectivity index is 1.27. The van der Waals surface area contributed by atoms with E-state index in [-0.39, 0.29) is 6.10 Å². The van der Waals surface area contributed by atoms with E-state index in [1.807, 2.05) is 34.7 Å². The van der Waals surface area contributed by atoms with Gasteiger partial charge >= 0.3 is 0 Å². The summed E-state index contributed by atoms with van der Waals surface area (Å²) in [5, 5.41) is 12.5. The van der Waals surface area contributed by atoms with E-state index in [4.69, 9.17) is 19.6 Å². The number of nitrogens with zero attached hydrogens (tertiary/aromatic N) is 6. The van der Waals surface area contributed by atoms with Crippen LogP contribution in [0.3, 0.4) is 0 Å². The van der Waals surface area contributed by atoms with Crippen molar-refractivity contribution in [3.63, 3.8) is 0 Å². The van der Waals surface area contributed by atoms with E-state index in [0.717, 1.165) is 72.4 Å². The highest BCUT2D eigenvalue weighted by molar-refractivity contribution is 5.73. The summed E-state index contributed by atoms with van der Waals surface area (Å²) >= 11 is 0. The molecule has 9 heteroatoms. The average molecular weight is 460 g/mol. The fraction of sp³-hybridized carbons (Fsp3) is 0.400. The molecular formula is C25H29N7O2. The molecule has 0 saturated carbocycles. The van der Waals surface area contributed by atoms with Crippen LogP contribution < -0.4 is 10.1 Å². The molecule has 0 amide bonds. The molecule has 2 aliphatic rings. The van der Waals surface area contributed by atoms with Gasteiger partial charge in [0, 0.05) is 49.9 Å². The van der Waals surface area contributed by atoms with Crippen molar-refractivity contribution in [2.45, 2.75) is 32.5 Å². The lowest BCUT2D eigenvalue weighted by atomic mass is 10.0. The molecule has 4 aromatic rings. The van der Waals surface area contributed by atoms with Gasteiger partial charge in [0.2, 0.25) is 0 Å². The van der Waals surface area contributed by atoms with Gasteiger partial charge in [0.15, 0.2) is 11.6 Å². The van der Waals surface area contributed by atoms with E-state index in [1.165, 1.54) is 11.1 Å². The predicted molar refractivity (Wildman–Crippen MR) is 130 cm³/mol. The highest BCUT2D eigenvalue weighted by Gasteiger charge is 2.24. The zero-order chi connectivity index (χ0) is 23.2. The van der Waals surface area contributed by atoms with E-state index in [9.17, 15) is 0 Å². The van der Waals surface area contributed by atoms with Crippen molar-refractivity contribution < 1.29 is 9.47 Å². The number of nitrogens with one attached hydrogen (secondary N) is 1. The Bertz CT molecular complexity index is 1360. The van der Waals surface area contributed by atoms with Gasteiger partial charge in [0.1, 0.15) is 17.6 Å². The topological polar surface area (TPSA) is 81.7 Å². The molecule has 0 aromatic carbocycles. The van der Waals surface area contributed by atoms with Crippen LogP contribution in [0.1, 0.15) is 23.2 Å². The second kappa shape index (κ2) is 8.41. The normalized spacial score (nSPS) is 18.4. The lowest BCUT2D eigenvalue weighted by Gasteiger charge is -2.18. The molecule has 9 nitrogen and oxygen atoms in total. The molecule has 1 N–H and O–H groups in total. The molecular weight excluding hydrogens is 430 g/mol. The van der Waals surface area contributed by atoms with Gasteiger partial charge in [0.05, 0.1) is 30.6 Å². The fourth-order valence-corrected chi connectivity index (χ4v) is 4.91. The molecule has 0 aliphatic carbocycles. The highest BCUT2D eigenvalue weighted by atomic mass is 16.5. The van der Waals surface area contributed by atoms with Crippen molar-refractivity contribution in [3.05, 3.63) is 53.5 Å². The summed E-state index contributed by atoms with van der Waals surface area (Å²) in [5.41, 5.74) is 6.50. The first-order valence-electron chi connectivity index (χ1n) is 11.7. The molecule has 2 aliphatic heterocycles. The van der Waals surface area contributed by atoms with Gasteiger partial charge in [-0.3, -0.25) is 4.68 Å². The first-order chi connectivity index (χ1) is 16.5. The van der Waals surface area contributed by atoms with E-state index in [1.54, 1.807) is 0 Å². The van der Waals surface area contributed by atoms with E-state index in [2.05, 4.69) is 47.5 Å². The third-order valence-electron chi connectivity index (χ3n) is 6.70. The summed E-state index contributed by atoms with van der Waals surface area (Å²) < 4.78 is 15.7. The lowest BCUT2D eigenvalue weighted by molar-refractivity contribution is 0.109. The van der Waals surface area contributed by atoms with Crippen LogP contribution in [0.2, 0.25) is 0 Å². The van der Waals surface area contributed by atoms with Crippen molar-refractivity contribution >= 4 is 17.2 Å². The van der Waals surface area contributed by atoms with Gasteiger partial charge in [-0.25, -0.2) is 9.50 Å². The number of likely N-dealkylation sites (N-methyl/N-ethyl adjacent to an activating group) is 1. The zero-order valence-corrected chi connectivity index (χ0v) is 19.8. The Labute approximate surface area is 198 Å². The quantitative estimate of drug-likeness (QED) is 0.490. The van der Waals surface area contributed by atoms with Crippen LogP contribution in [0.5, 0.6) is 5.75 Å². The molecule has 176 valence electrons. The molecule has 4 aromatic heterocycles. The minimum atomic E-state index is 0.196. The van der Waals surface area contributed by atoms with Crippen LogP contribution in [0.4, 0.5) is 11.6 Å². The molecule has 34 heavy (non-hydrogen) atoms. The second-order valence-corrected chi connectivity index (χ2v) is 9.26. The molecule has 1 fully saturated rings.